The standard InChI is InChI=1S/C14H16N2O3/c1-9(17)12(14-15-7-8-16-14)13(18)10-3-5-11(19-2)6-4-10/h3-6,18H,7-8H2,1-2H3,(H,15,16)/b13-12+. The fraction of sp³-hybridized carbons (Fsp3) is 0.286. The molecule has 0 unspecified atom stereocenters. The fourth-order valence-corrected chi connectivity index (χ4v) is 1.90. The fourth-order valence-electron chi connectivity index (χ4n) is 1.90. The molecule has 19 heavy (non-hydrogen) atoms. The molecule has 5 heteroatoms. The van der Waals surface area contributed by atoms with Crippen molar-refractivity contribution in [2.75, 3.05) is 20.2 Å². The molecule has 0 saturated carbocycles. The minimum absolute atomic E-state index is 0.0664. The van der Waals surface area contributed by atoms with E-state index in [2.05, 4.69) is 10.3 Å². The molecule has 1 heterocycles. The Kier molecular flexibility index (Phi) is 3.85. The maximum absolute atomic E-state index is 11.7. The van der Waals surface area contributed by atoms with E-state index in [-0.39, 0.29) is 17.1 Å². The Morgan fingerprint density at radius 1 is 1.37 bits per heavy atom. The molecule has 2 rings (SSSR count). The first-order valence-corrected chi connectivity index (χ1v) is 6.00. The summed E-state index contributed by atoms with van der Waals surface area (Å²) < 4.78 is 5.06. The number of carbonyl (C=O) groups is 1. The van der Waals surface area contributed by atoms with Gasteiger partial charge in [0, 0.05) is 12.1 Å². The largest absolute Gasteiger partial charge is 0.506 e. The molecule has 2 N–H and O–H groups in total. The van der Waals surface area contributed by atoms with Gasteiger partial charge in [0.2, 0.25) is 0 Å². The second-order valence-electron chi connectivity index (χ2n) is 4.17. The molecule has 0 radical (unpaired) electrons. The van der Waals surface area contributed by atoms with E-state index in [4.69, 9.17) is 4.74 Å². The third-order valence-corrected chi connectivity index (χ3v) is 2.86. The van der Waals surface area contributed by atoms with Crippen LogP contribution in [0.4, 0.5) is 0 Å². The highest BCUT2D eigenvalue weighted by molar-refractivity contribution is 6.25. The van der Waals surface area contributed by atoms with Gasteiger partial charge in [-0.2, -0.15) is 0 Å². The van der Waals surface area contributed by atoms with Crippen LogP contribution in [0.3, 0.4) is 0 Å². The van der Waals surface area contributed by atoms with E-state index in [9.17, 15) is 9.90 Å². The van der Waals surface area contributed by atoms with Crippen LogP contribution in [0.2, 0.25) is 0 Å². The van der Waals surface area contributed by atoms with Crippen LogP contribution in [-0.2, 0) is 4.79 Å². The number of aliphatic hydroxyl groups excluding tert-OH is 1. The van der Waals surface area contributed by atoms with Crippen LogP contribution in [0.15, 0.2) is 34.8 Å². The predicted octanol–water partition coefficient (Wildman–Crippen LogP) is 1.55. The Hall–Kier alpha value is -2.30. The van der Waals surface area contributed by atoms with Gasteiger partial charge in [0.05, 0.1) is 13.7 Å². The van der Waals surface area contributed by atoms with Crippen molar-refractivity contribution in [1.29, 1.82) is 0 Å². The lowest BCUT2D eigenvalue weighted by Gasteiger charge is -2.09. The Morgan fingerprint density at radius 3 is 2.53 bits per heavy atom. The molecular formula is C14H16N2O3. The maximum Gasteiger partial charge on any atom is 0.167 e. The van der Waals surface area contributed by atoms with Crippen LogP contribution in [0.5, 0.6) is 5.75 Å². The number of nitrogens with zero attached hydrogens (tertiary/aromatic N) is 1. The van der Waals surface area contributed by atoms with Gasteiger partial charge in [-0.3, -0.25) is 9.79 Å². The highest BCUT2D eigenvalue weighted by atomic mass is 16.5. The first-order valence-electron chi connectivity index (χ1n) is 6.00. The summed E-state index contributed by atoms with van der Waals surface area (Å²) in [5, 5.41) is 13.3. The summed E-state index contributed by atoms with van der Waals surface area (Å²) >= 11 is 0. The molecule has 1 aliphatic heterocycles. The second-order valence-corrected chi connectivity index (χ2v) is 4.17. The van der Waals surface area contributed by atoms with Crippen LogP contribution in [0.25, 0.3) is 5.76 Å². The molecule has 1 aliphatic rings. The second kappa shape index (κ2) is 5.56. The first-order chi connectivity index (χ1) is 9.13. The van der Waals surface area contributed by atoms with E-state index >= 15 is 0 Å². The monoisotopic (exact) mass is 260 g/mol. The van der Waals surface area contributed by atoms with Crippen molar-refractivity contribution in [1.82, 2.24) is 5.32 Å². The third kappa shape index (κ3) is 2.76. The minimum atomic E-state index is -0.221. The number of nitrogens with one attached hydrogen (secondary N) is 1. The van der Waals surface area contributed by atoms with Crippen LogP contribution in [0, 0.1) is 0 Å². The lowest BCUT2D eigenvalue weighted by atomic mass is 10.0. The van der Waals surface area contributed by atoms with Crippen molar-refractivity contribution in [3.05, 3.63) is 35.4 Å². The van der Waals surface area contributed by atoms with Crippen LogP contribution >= 0.6 is 0 Å². The summed E-state index contributed by atoms with van der Waals surface area (Å²) in [5.74, 6) is 0.864. The Morgan fingerprint density at radius 2 is 2.05 bits per heavy atom. The lowest BCUT2D eigenvalue weighted by Crippen LogP contribution is -2.25. The molecule has 0 amide bonds. The number of ether oxygens (including phenoxy) is 1. The van der Waals surface area contributed by atoms with Gasteiger partial charge in [0.25, 0.3) is 0 Å². The van der Waals surface area contributed by atoms with Crippen molar-refractivity contribution < 1.29 is 14.6 Å². The molecule has 0 bridgehead atoms. The van der Waals surface area contributed by atoms with Gasteiger partial charge < -0.3 is 15.2 Å². The number of benzene rings is 1. The van der Waals surface area contributed by atoms with Gasteiger partial charge in [0.1, 0.15) is 22.9 Å². The van der Waals surface area contributed by atoms with Crippen molar-refractivity contribution in [3.63, 3.8) is 0 Å². The van der Waals surface area contributed by atoms with Crippen molar-refractivity contribution >= 4 is 17.4 Å². The zero-order valence-electron chi connectivity index (χ0n) is 10.9. The van der Waals surface area contributed by atoms with Gasteiger partial charge >= 0.3 is 0 Å². The average Bonchev–Trinajstić information content (AvgIpc) is 2.92. The number of aliphatic imine (C=N–C) groups is 1. The lowest BCUT2D eigenvalue weighted by molar-refractivity contribution is -0.113. The molecule has 1 aromatic rings. The van der Waals surface area contributed by atoms with E-state index < -0.39 is 0 Å². The normalized spacial score (nSPS) is 15.4. The number of rotatable bonds is 4. The number of amidine groups is 1. The summed E-state index contributed by atoms with van der Waals surface area (Å²) in [7, 11) is 1.57. The van der Waals surface area contributed by atoms with Gasteiger partial charge in [-0.05, 0) is 31.2 Å². The van der Waals surface area contributed by atoms with E-state index in [1.54, 1.807) is 31.4 Å². The average molecular weight is 260 g/mol. The number of carbonyl (C=O) groups excluding carboxylic acids is 1. The van der Waals surface area contributed by atoms with Crippen LogP contribution in [-0.4, -0.2) is 36.9 Å². The van der Waals surface area contributed by atoms with E-state index in [1.165, 1.54) is 6.92 Å². The Balaban J connectivity index is 2.42. The number of ketones is 1. The molecule has 0 aromatic heterocycles. The van der Waals surface area contributed by atoms with Gasteiger partial charge in [-0.25, -0.2) is 0 Å². The number of methoxy groups -OCH3 is 1. The molecule has 0 aliphatic carbocycles. The van der Waals surface area contributed by atoms with Gasteiger partial charge in [0.15, 0.2) is 5.78 Å². The van der Waals surface area contributed by atoms with Crippen LogP contribution in [0.1, 0.15) is 12.5 Å². The van der Waals surface area contributed by atoms with Crippen molar-refractivity contribution in [3.8, 4) is 5.75 Å². The van der Waals surface area contributed by atoms with E-state index in [1.807, 2.05) is 0 Å². The molecule has 0 saturated heterocycles. The number of Topliss-reactive ketones (excluding diaryl/α,β-unsaturated/α-hetero) is 1. The van der Waals surface area contributed by atoms with E-state index in [0.717, 1.165) is 0 Å². The predicted molar refractivity (Wildman–Crippen MR) is 73.5 cm³/mol. The Bertz CT molecular complexity index is 544. The quantitative estimate of drug-likeness (QED) is 0.636. The zero-order chi connectivity index (χ0) is 13.8. The smallest absolute Gasteiger partial charge is 0.167 e. The topological polar surface area (TPSA) is 70.9 Å². The Labute approximate surface area is 111 Å². The number of hydrogen-bond acceptors (Lipinski definition) is 5. The number of aliphatic hydroxyl groups is 1. The summed E-state index contributed by atoms with van der Waals surface area (Å²) in [4.78, 5) is 15.9. The van der Waals surface area contributed by atoms with Gasteiger partial charge in [-0.1, -0.05) is 0 Å². The summed E-state index contributed by atoms with van der Waals surface area (Å²) in [6, 6.07) is 6.86. The first kappa shape index (κ1) is 13.1. The van der Waals surface area contributed by atoms with Gasteiger partial charge in [-0.15, -0.1) is 0 Å². The highest BCUT2D eigenvalue weighted by Gasteiger charge is 2.21. The third-order valence-electron chi connectivity index (χ3n) is 2.86. The molecule has 0 fully saturated rings. The molecular weight excluding hydrogens is 244 g/mol. The summed E-state index contributed by atoms with van der Waals surface area (Å²) in [6.45, 7) is 2.71. The van der Waals surface area contributed by atoms with Crippen molar-refractivity contribution in [2.24, 2.45) is 4.99 Å². The number of hydrogen-bond donors (Lipinski definition) is 2. The molecule has 0 spiro atoms. The minimum Gasteiger partial charge on any atom is -0.506 e. The summed E-state index contributed by atoms with van der Waals surface area (Å²) in [5.41, 5.74) is 0.782. The molecule has 100 valence electrons. The molecule has 0 atom stereocenters. The van der Waals surface area contributed by atoms with Crippen molar-refractivity contribution in [2.45, 2.75) is 6.92 Å². The maximum atomic E-state index is 11.7. The summed E-state index contributed by atoms with van der Waals surface area (Å²) in [6.07, 6.45) is 0. The molecule has 1 aromatic carbocycles. The highest BCUT2D eigenvalue weighted by Crippen LogP contribution is 2.21. The molecule has 5 nitrogen and oxygen atoms in total. The zero-order valence-corrected chi connectivity index (χ0v) is 10.9. The SMILES string of the molecule is COc1ccc(/C(O)=C(/C(C)=O)C2=NCCN2)cc1. The van der Waals surface area contributed by atoms with E-state index in [0.29, 0.717) is 30.2 Å². The van der Waals surface area contributed by atoms with Crippen LogP contribution < -0.4 is 10.1 Å².